The Bertz CT molecular complexity index is 44.3. The predicted molar refractivity (Wildman–Crippen MR) is 48.6 cm³/mol. The van der Waals surface area contributed by atoms with Gasteiger partial charge >= 0.3 is 0 Å². The highest BCUT2D eigenvalue weighted by atomic mass is 32.2. The van der Waals surface area contributed by atoms with Crippen molar-refractivity contribution in [1.29, 1.82) is 0 Å². The van der Waals surface area contributed by atoms with Crippen molar-refractivity contribution in [2.24, 2.45) is 0 Å². The molecule has 0 aliphatic carbocycles. The molecule has 0 amide bonds. The van der Waals surface area contributed by atoms with Crippen LogP contribution in [0.1, 0.15) is 26.7 Å². The van der Waals surface area contributed by atoms with Gasteiger partial charge in [-0.1, -0.05) is 37.7 Å². The summed E-state index contributed by atoms with van der Waals surface area (Å²) in [4.78, 5) is 0. The third kappa shape index (κ3) is 8.66. The second kappa shape index (κ2) is 8.66. The summed E-state index contributed by atoms with van der Waals surface area (Å²) in [6, 6.07) is 0. The first-order valence-corrected chi connectivity index (χ1v) is 5.37. The molecule has 0 aromatic carbocycles. The number of nitrogens with one attached hydrogen (secondary N) is 1. The lowest BCUT2D eigenvalue weighted by molar-refractivity contribution is 1.10. The van der Waals surface area contributed by atoms with E-state index in [9.17, 15) is 0 Å². The zero-order valence-corrected chi connectivity index (χ0v) is 7.78. The largest absolute Gasteiger partial charge is 0.208 e. The molecule has 1 N–H and O–H groups in total. The molecular formula is C6H15NS2. The van der Waals surface area contributed by atoms with Crippen LogP contribution in [0.3, 0.4) is 0 Å². The zero-order valence-electron chi connectivity index (χ0n) is 6.14. The van der Waals surface area contributed by atoms with Crippen molar-refractivity contribution in [3.05, 3.63) is 0 Å². The lowest BCUT2D eigenvalue weighted by Gasteiger charge is -1.98. The fourth-order valence-electron chi connectivity index (χ4n) is 0.329. The average Bonchev–Trinajstić information content (AvgIpc) is 1.89. The Morgan fingerprint density at radius 1 is 1.00 bits per heavy atom. The van der Waals surface area contributed by atoms with Crippen LogP contribution in [-0.2, 0) is 0 Å². The van der Waals surface area contributed by atoms with Crippen molar-refractivity contribution in [1.82, 2.24) is 4.13 Å². The van der Waals surface area contributed by atoms with Gasteiger partial charge in [0.25, 0.3) is 0 Å². The van der Waals surface area contributed by atoms with Gasteiger partial charge in [-0.05, 0) is 12.8 Å². The van der Waals surface area contributed by atoms with E-state index in [0.29, 0.717) is 0 Å². The van der Waals surface area contributed by atoms with E-state index in [2.05, 4.69) is 18.0 Å². The topological polar surface area (TPSA) is 12.0 Å². The van der Waals surface area contributed by atoms with Gasteiger partial charge < -0.3 is 0 Å². The molecule has 0 heterocycles. The van der Waals surface area contributed by atoms with Crippen LogP contribution in [0.2, 0.25) is 0 Å². The molecule has 0 aliphatic heterocycles. The molecule has 0 aromatic heterocycles. The number of rotatable bonds is 6. The lowest BCUT2D eigenvalue weighted by Crippen LogP contribution is -1.92. The monoisotopic (exact) mass is 165 g/mol. The van der Waals surface area contributed by atoms with Crippen LogP contribution in [0.4, 0.5) is 0 Å². The molecule has 1 nitrogen and oxygen atoms in total. The highest BCUT2D eigenvalue weighted by molar-refractivity contribution is 8.12. The van der Waals surface area contributed by atoms with Gasteiger partial charge in [0.1, 0.15) is 0 Å². The molecule has 0 unspecified atom stereocenters. The maximum Gasteiger partial charge on any atom is 0.00841 e. The number of hydrogen-bond donors (Lipinski definition) is 1. The van der Waals surface area contributed by atoms with Gasteiger partial charge in [0.05, 0.1) is 0 Å². The summed E-state index contributed by atoms with van der Waals surface area (Å²) in [5, 5.41) is 0. The summed E-state index contributed by atoms with van der Waals surface area (Å²) in [5.41, 5.74) is 0. The van der Waals surface area contributed by atoms with Gasteiger partial charge in [-0.2, -0.15) is 0 Å². The average molecular weight is 165 g/mol. The molecule has 0 atom stereocenters. The normalized spacial score (nSPS) is 10.0. The molecule has 0 bridgehead atoms. The van der Waals surface area contributed by atoms with Crippen molar-refractivity contribution in [3.63, 3.8) is 0 Å². The van der Waals surface area contributed by atoms with Crippen molar-refractivity contribution in [3.8, 4) is 0 Å². The third-order valence-electron chi connectivity index (χ3n) is 0.730. The van der Waals surface area contributed by atoms with Crippen LogP contribution >= 0.6 is 23.9 Å². The Labute approximate surface area is 66.6 Å². The van der Waals surface area contributed by atoms with Crippen molar-refractivity contribution in [2.45, 2.75) is 26.7 Å². The summed E-state index contributed by atoms with van der Waals surface area (Å²) < 4.78 is 3.22. The van der Waals surface area contributed by atoms with Crippen LogP contribution < -0.4 is 4.13 Å². The van der Waals surface area contributed by atoms with E-state index in [1.165, 1.54) is 24.3 Å². The molecule has 0 spiro atoms. The van der Waals surface area contributed by atoms with Crippen LogP contribution in [-0.4, -0.2) is 11.5 Å². The Hall–Kier alpha value is 0.660. The minimum absolute atomic E-state index is 1.22. The smallest absolute Gasteiger partial charge is 0.00841 e. The molecule has 56 valence electrons. The predicted octanol–water partition coefficient (Wildman–Crippen LogP) is 2.69. The fraction of sp³-hybridized carbons (Fsp3) is 1.00. The van der Waals surface area contributed by atoms with E-state index in [4.69, 9.17) is 0 Å². The van der Waals surface area contributed by atoms with E-state index >= 15 is 0 Å². The first kappa shape index (κ1) is 9.66. The quantitative estimate of drug-likeness (QED) is 0.480. The van der Waals surface area contributed by atoms with Crippen molar-refractivity contribution < 1.29 is 0 Å². The van der Waals surface area contributed by atoms with Gasteiger partial charge in [-0.25, -0.2) is 4.13 Å². The molecule has 0 aliphatic rings. The van der Waals surface area contributed by atoms with Crippen LogP contribution in [0, 0.1) is 0 Å². The van der Waals surface area contributed by atoms with E-state index in [-0.39, 0.29) is 0 Å². The van der Waals surface area contributed by atoms with Gasteiger partial charge in [0, 0.05) is 11.5 Å². The molecule has 0 radical (unpaired) electrons. The van der Waals surface area contributed by atoms with E-state index in [0.717, 1.165) is 0 Å². The summed E-state index contributed by atoms with van der Waals surface area (Å²) in [6.45, 7) is 4.39. The second-order valence-electron chi connectivity index (χ2n) is 1.78. The molecule has 0 saturated heterocycles. The van der Waals surface area contributed by atoms with Gasteiger partial charge in [0.15, 0.2) is 0 Å². The van der Waals surface area contributed by atoms with Crippen LogP contribution in [0.5, 0.6) is 0 Å². The SMILES string of the molecule is CCCSNSCCC. The Balaban J connectivity index is 2.60. The van der Waals surface area contributed by atoms with Gasteiger partial charge in [0.2, 0.25) is 0 Å². The third-order valence-corrected chi connectivity index (χ3v) is 2.90. The summed E-state index contributed by atoms with van der Waals surface area (Å²) in [6.07, 6.45) is 2.51. The molecule has 3 heteroatoms. The molecular weight excluding hydrogens is 150 g/mol. The molecule has 0 saturated carbocycles. The molecule has 0 rings (SSSR count). The van der Waals surface area contributed by atoms with E-state index in [1.54, 1.807) is 23.9 Å². The molecule has 9 heavy (non-hydrogen) atoms. The highest BCUT2D eigenvalue weighted by Crippen LogP contribution is 2.04. The maximum absolute atomic E-state index is 3.22. The zero-order chi connectivity index (χ0) is 6.95. The van der Waals surface area contributed by atoms with Crippen LogP contribution in [0.15, 0.2) is 0 Å². The number of hydrogen-bond acceptors (Lipinski definition) is 3. The second-order valence-corrected chi connectivity index (χ2v) is 3.84. The summed E-state index contributed by atoms with van der Waals surface area (Å²) >= 11 is 3.61. The molecule has 0 aromatic rings. The fourth-order valence-corrected chi connectivity index (χ4v) is 1.74. The van der Waals surface area contributed by atoms with Crippen LogP contribution in [0.25, 0.3) is 0 Å². The Morgan fingerprint density at radius 3 is 1.78 bits per heavy atom. The van der Waals surface area contributed by atoms with E-state index < -0.39 is 0 Å². The van der Waals surface area contributed by atoms with Crippen molar-refractivity contribution >= 4 is 23.9 Å². The minimum Gasteiger partial charge on any atom is -0.208 e. The molecule has 0 fully saturated rings. The first-order valence-electron chi connectivity index (χ1n) is 3.40. The Kier molecular flexibility index (Phi) is 9.30. The standard InChI is InChI=1S/C6H15NS2/c1-3-5-8-7-9-6-4-2/h7H,3-6H2,1-2H3. The maximum atomic E-state index is 3.22. The summed E-state index contributed by atoms with van der Waals surface area (Å²) in [7, 11) is 0. The lowest BCUT2D eigenvalue weighted by atomic mass is 10.6. The van der Waals surface area contributed by atoms with Gasteiger partial charge in [-0.15, -0.1) is 0 Å². The van der Waals surface area contributed by atoms with E-state index in [1.807, 2.05) is 0 Å². The first-order chi connectivity index (χ1) is 4.41. The van der Waals surface area contributed by atoms with Gasteiger partial charge in [-0.3, -0.25) is 0 Å². The highest BCUT2D eigenvalue weighted by Gasteiger charge is 1.84. The minimum atomic E-state index is 1.22. The summed E-state index contributed by atoms with van der Waals surface area (Å²) in [5.74, 6) is 2.44. The Morgan fingerprint density at radius 2 is 1.44 bits per heavy atom. The van der Waals surface area contributed by atoms with Crippen molar-refractivity contribution in [2.75, 3.05) is 11.5 Å².